The van der Waals surface area contributed by atoms with E-state index in [1.807, 2.05) is 25.1 Å². The van der Waals surface area contributed by atoms with Crippen LogP contribution in [0.4, 0.5) is 11.4 Å². The first-order valence-electron chi connectivity index (χ1n) is 7.46. The molecule has 1 aromatic rings. The second-order valence-corrected chi connectivity index (χ2v) is 7.21. The minimum atomic E-state index is -3.21. The highest BCUT2D eigenvalue weighted by Gasteiger charge is 2.13. The molecule has 0 bridgehead atoms. The molecule has 2 rings (SSSR count). The number of unbranched alkanes of at least 4 members (excludes halogenated alkanes) is 1. The van der Waals surface area contributed by atoms with Gasteiger partial charge in [-0.15, -0.1) is 0 Å². The Bertz CT molecular complexity index is 522. The molecule has 1 fully saturated rings. The summed E-state index contributed by atoms with van der Waals surface area (Å²) in [6.45, 7) is 4.12. The summed E-state index contributed by atoms with van der Waals surface area (Å²) >= 11 is 0. The van der Waals surface area contributed by atoms with Crippen molar-refractivity contribution in [2.75, 3.05) is 28.5 Å². The Morgan fingerprint density at radius 1 is 1.20 bits per heavy atom. The van der Waals surface area contributed by atoms with Gasteiger partial charge in [0, 0.05) is 18.8 Å². The van der Waals surface area contributed by atoms with Gasteiger partial charge in [0.1, 0.15) is 0 Å². The lowest BCUT2D eigenvalue weighted by atomic mass is 10.1. The van der Waals surface area contributed by atoms with E-state index >= 15 is 0 Å². The topological polar surface area (TPSA) is 49.4 Å². The van der Waals surface area contributed by atoms with Crippen molar-refractivity contribution in [3.63, 3.8) is 0 Å². The molecule has 1 aliphatic heterocycles. The van der Waals surface area contributed by atoms with Gasteiger partial charge in [-0.1, -0.05) is 19.4 Å². The maximum absolute atomic E-state index is 11.9. The number of hydrogen-bond donors (Lipinski definition) is 1. The van der Waals surface area contributed by atoms with Gasteiger partial charge in [-0.2, -0.15) is 0 Å². The van der Waals surface area contributed by atoms with E-state index in [9.17, 15) is 8.42 Å². The first-order chi connectivity index (χ1) is 9.61. The fourth-order valence-electron chi connectivity index (χ4n) is 2.48. The Morgan fingerprint density at radius 2 is 1.95 bits per heavy atom. The minimum Gasteiger partial charge on any atom is -0.371 e. The van der Waals surface area contributed by atoms with Crippen LogP contribution >= 0.6 is 0 Å². The molecule has 20 heavy (non-hydrogen) atoms. The Labute approximate surface area is 122 Å². The molecule has 0 atom stereocenters. The number of nitrogens with one attached hydrogen (secondary N) is 1. The molecule has 0 unspecified atom stereocenters. The molecule has 1 N–H and O–H groups in total. The Morgan fingerprint density at radius 3 is 2.65 bits per heavy atom. The maximum Gasteiger partial charge on any atom is 0.232 e. The maximum atomic E-state index is 11.9. The summed E-state index contributed by atoms with van der Waals surface area (Å²) < 4.78 is 26.5. The third kappa shape index (κ3) is 4.40. The zero-order chi connectivity index (χ0) is 14.4. The molecule has 0 saturated carbocycles. The summed E-state index contributed by atoms with van der Waals surface area (Å²) in [6, 6.07) is 7.72. The van der Waals surface area contributed by atoms with Gasteiger partial charge in [0.05, 0.1) is 11.4 Å². The Kier molecular flexibility index (Phi) is 5.29. The standard InChI is InChI=1S/C15H24N2O2S/c1-2-3-12-20(18,19)16-14-8-7-9-15(13-14)17-10-5-4-6-11-17/h7-9,13,16H,2-6,10-12H2,1H3. The van der Waals surface area contributed by atoms with Gasteiger partial charge in [-0.05, 0) is 43.9 Å². The van der Waals surface area contributed by atoms with E-state index in [0.717, 1.165) is 25.2 Å². The van der Waals surface area contributed by atoms with Crippen LogP contribution in [0.2, 0.25) is 0 Å². The summed E-state index contributed by atoms with van der Waals surface area (Å²) in [4.78, 5) is 2.33. The molecule has 0 amide bonds. The number of piperidine rings is 1. The lowest BCUT2D eigenvalue weighted by Crippen LogP contribution is -2.29. The zero-order valence-corrected chi connectivity index (χ0v) is 13.0. The van der Waals surface area contributed by atoms with Gasteiger partial charge in [-0.25, -0.2) is 8.42 Å². The third-order valence-corrected chi connectivity index (χ3v) is 4.98. The van der Waals surface area contributed by atoms with Crippen molar-refractivity contribution < 1.29 is 8.42 Å². The fraction of sp³-hybridized carbons (Fsp3) is 0.600. The molecule has 112 valence electrons. The Balaban J connectivity index is 2.05. The third-order valence-electron chi connectivity index (χ3n) is 3.61. The van der Waals surface area contributed by atoms with Crippen molar-refractivity contribution in [3.8, 4) is 0 Å². The molecule has 1 heterocycles. The molecule has 0 aliphatic carbocycles. The first-order valence-corrected chi connectivity index (χ1v) is 9.11. The SMILES string of the molecule is CCCCS(=O)(=O)Nc1cccc(N2CCCCC2)c1. The predicted molar refractivity (Wildman–Crippen MR) is 84.8 cm³/mol. The van der Waals surface area contributed by atoms with E-state index < -0.39 is 10.0 Å². The summed E-state index contributed by atoms with van der Waals surface area (Å²) in [7, 11) is -3.21. The van der Waals surface area contributed by atoms with Crippen LogP contribution in [0, 0.1) is 0 Å². The molecular weight excluding hydrogens is 272 g/mol. The van der Waals surface area contributed by atoms with Crippen LogP contribution in [-0.4, -0.2) is 27.3 Å². The van der Waals surface area contributed by atoms with Gasteiger partial charge in [0.2, 0.25) is 10.0 Å². The van der Waals surface area contributed by atoms with Crippen LogP contribution in [0.15, 0.2) is 24.3 Å². The van der Waals surface area contributed by atoms with Crippen molar-refractivity contribution in [3.05, 3.63) is 24.3 Å². The van der Waals surface area contributed by atoms with Gasteiger partial charge < -0.3 is 4.90 Å². The van der Waals surface area contributed by atoms with E-state index in [2.05, 4.69) is 15.7 Å². The van der Waals surface area contributed by atoms with Gasteiger partial charge in [0.25, 0.3) is 0 Å². The number of benzene rings is 1. The number of nitrogens with zero attached hydrogens (tertiary/aromatic N) is 1. The average molecular weight is 296 g/mol. The van der Waals surface area contributed by atoms with Gasteiger partial charge in [-0.3, -0.25) is 4.72 Å². The van der Waals surface area contributed by atoms with Crippen LogP contribution in [0.5, 0.6) is 0 Å². The van der Waals surface area contributed by atoms with Crippen LogP contribution in [0.1, 0.15) is 39.0 Å². The lowest BCUT2D eigenvalue weighted by molar-refractivity contribution is 0.578. The highest BCUT2D eigenvalue weighted by molar-refractivity contribution is 7.92. The van der Waals surface area contributed by atoms with E-state index in [1.54, 1.807) is 0 Å². The number of sulfonamides is 1. The summed E-state index contributed by atoms with van der Waals surface area (Å²) in [5.74, 6) is 0.192. The lowest BCUT2D eigenvalue weighted by Gasteiger charge is -2.29. The van der Waals surface area contributed by atoms with Crippen LogP contribution in [0.25, 0.3) is 0 Å². The highest BCUT2D eigenvalue weighted by atomic mass is 32.2. The van der Waals surface area contributed by atoms with E-state index in [0.29, 0.717) is 12.1 Å². The molecule has 0 radical (unpaired) electrons. The Hall–Kier alpha value is -1.23. The molecular formula is C15H24N2O2S. The van der Waals surface area contributed by atoms with Crippen LogP contribution in [0.3, 0.4) is 0 Å². The van der Waals surface area contributed by atoms with Crippen LogP contribution < -0.4 is 9.62 Å². The summed E-state index contributed by atoms with van der Waals surface area (Å²) in [5, 5.41) is 0. The van der Waals surface area contributed by atoms with E-state index in [1.165, 1.54) is 19.3 Å². The first kappa shape index (κ1) is 15.2. The van der Waals surface area contributed by atoms with Gasteiger partial charge in [0.15, 0.2) is 0 Å². The highest BCUT2D eigenvalue weighted by Crippen LogP contribution is 2.23. The quantitative estimate of drug-likeness (QED) is 0.877. The monoisotopic (exact) mass is 296 g/mol. The average Bonchev–Trinajstić information content (AvgIpc) is 2.46. The predicted octanol–water partition coefficient (Wildman–Crippen LogP) is 3.22. The summed E-state index contributed by atoms with van der Waals surface area (Å²) in [6.07, 6.45) is 5.30. The molecule has 1 aliphatic rings. The molecule has 4 nitrogen and oxygen atoms in total. The number of anilines is 2. The molecule has 1 aromatic carbocycles. The van der Waals surface area contributed by atoms with Crippen molar-refractivity contribution in [1.29, 1.82) is 0 Å². The smallest absolute Gasteiger partial charge is 0.232 e. The molecule has 0 spiro atoms. The fourth-order valence-corrected chi connectivity index (χ4v) is 3.74. The molecule has 5 heteroatoms. The number of rotatable bonds is 6. The largest absolute Gasteiger partial charge is 0.371 e. The molecule has 0 aromatic heterocycles. The van der Waals surface area contributed by atoms with Crippen molar-refractivity contribution in [2.24, 2.45) is 0 Å². The van der Waals surface area contributed by atoms with Crippen LogP contribution in [-0.2, 0) is 10.0 Å². The number of hydrogen-bond acceptors (Lipinski definition) is 3. The van der Waals surface area contributed by atoms with Crippen molar-refractivity contribution in [1.82, 2.24) is 0 Å². The zero-order valence-electron chi connectivity index (χ0n) is 12.1. The molecule has 1 saturated heterocycles. The van der Waals surface area contributed by atoms with Crippen molar-refractivity contribution in [2.45, 2.75) is 39.0 Å². The summed E-state index contributed by atoms with van der Waals surface area (Å²) in [5.41, 5.74) is 1.78. The second-order valence-electron chi connectivity index (χ2n) is 5.37. The normalized spacial score (nSPS) is 16.1. The second kappa shape index (κ2) is 6.97. The van der Waals surface area contributed by atoms with Crippen molar-refractivity contribution >= 4 is 21.4 Å². The minimum absolute atomic E-state index is 0.192. The van der Waals surface area contributed by atoms with Gasteiger partial charge >= 0.3 is 0 Å². The van der Waals surface area contributed by atoms with E-state index in [4.69, 9.17) is 0 Å². The van der Waals surface area contributed by atoms with E-state index in [-0.39, 0.29) is 5.75 Å².